The van der Waals surface area contributed by atoms with Gasteiger partial charge in [-0.2, -0.15) is 26.3 Å². The molecule has 0 aromatic heterocycles. The van der Waals surface area contributed by atoms with E-state index in [2.05, 4.69) is 0 Å². The summed E-state index contributed by atoms with van der Waals surface area (Å²) in [6, 6.07) is 1.45. The van der Waals surface area contributed by atoms with Crippen LogP contribution in [0.1, 0.15) is 63.5 Å². The highest BCUT2D eigenvalue weighted by Crippen LogP contribution is 2.40. The van der Waals surface area contributed by atoms with Crippen molar-refractivity contribution in [2.24, 2.45) is 4.99 Å². The maximum absolute atomic E-state index is 13.4. The minimum Gasteiger partial charge on any atom is -0.330 e. The molecule has 1 aliphatic carbocycles. The summed E-state index contributed by atoms with van der Waals surface area (Å²) >= 11 is 1.39. The van der Waals surface area contributed by atoms with Crippen molar-refractivity contribution in [3.05, 3.63) is 29.3 Å². The second-order valence-corrected chi connectivity index (χ2v) is 9.33. The third kappa shape index (κ3) is 6.16. The summed E-state index contributed by atoms with van der Waals surface area (Å²) < 4.78 is 80.4. The highest BCUT2D eigenvalue weighted by atomic mass is 32.2. The number of anilines is 1. The molecule has 1 atom stereocenters. The van der Waals surface area contributed by atoms with Crippen molar-refractivity contribution in [2.75, 3.05) is 17.2 Å². The fraction of sp³-hybridized carbons (Fsp3) is 0.636. The van der Waals surface area contributed by atoms with Gasteiger partial charge in [0.25, 0.3) is 0 Å². The number of thioether (sulfide) groups is 1. The molecule has 1 aromatic carbocycles. The van der Waals surface area contributed by atoms with Crippen molar-refractivity contribution in [3.63, 3.8) is 0 Å². The van der Waals surface area contributed by atoms with E-state index in [1.807, 2.05) is 11.8 Å². The van der Waals surface area contributed by atoms with Gasteiger partial charge in [-0.25, -0.2) is 0 Å². The predicted octanol–water partition coefficient (Wildman–Crippen LogP) is 6.55. The summed E-state index contributed by atoms with van der Waals surface area (Å²) in [4.78, 5) is 20.3. The Kier molecular flexibility index (Phi) is 7.91. The molecule has 1 amide bonds. The van der Waals surface area contributed by atoms with Crippen molar-refractivity contribution < 1.29 is 31.1 Å². The molecule has 1 saturated carbocycles. The summed E-state index contributed by atoms with van der Waals surface area (Å²) in [5.74, 6) is -0.323. The number of amidine groups is 1. The summed E-state index contributed by atoms with van der Waals surface area (Å²) in [6.07, 6.45) is -4.80. The van der Waals surface area contributed by atoms with Crippen molar-refractivity contribution in [2.45, 2.75) is 76.9 Å². The largest absolute Gasteiger partial charge is 0.416 e. The number of carbonyl (C=O) groups excluding carboxylic acids is 1. The van der Waals surface area contributed by atoms with Crippen LogP contribution in [-0.2, 0) is 17.1 Å². The van der Waals surface area contributed by atoms with Crippen LogP contribution in [0.4, 0.5) is 32.0 Å². The molecule has 3 rings (SSSR count). The third-order valence-corrected chi connectivity index (χ3v) is 6.85. The molecule has 0 N–H and O–H groups in total. The summed E-state index contributed by atoms with van der Waals surface area (Å²) in [5, 5.41) is 0.697. The Bertz CT molecular complexity index is 848. The van der Waals surface area contributed by atoms with Crippen LogP contribution >= 0.6 is 11.8 Å². The number of aliphatic imine (C=N–C) groups is 1. The molecule has 1 aromatic rings. The first-order valence-corrected chi connectivity index (χ1v) is 12.0. The molecule has 0 radical (unpaired) electrons. The van der Waals surface area contributed by atoms with Gasteiger partial charge in [-0.05, 0) is 37.5 Å². The molecule has 184 valence electrons. The van der Waals surface area contributed by atoms with E-state index in [0.29, 0.717) is 36.0 Å². The zero-order valence-corrected chi connectivity index (χ0v) is 19.3. The standard InChI is InChI=1S/C22H27F6N3OS/c1-3-9-30-19(13-33-20(30)29-17-7-5-4-6-8-17)31(14(2)32)18-11-15(21(23,24)25)10-16(12-18)22(26,27)28/h10-12,17,19H,3-9,13H2,1-2H3. The SMILES string of the molecule is CCCN1C(=NC2CCCCC2)SCC1N(C(C)=O)c1cc(C(F)(F)F)cc(C(F)(F)F)c1. The van der Waals surface area contributed by atoms with E-state index < -0.39 is 41.2 Å². The first kappa shape index (κ1) is 25.7. The van der Waals surface area contributed by atoms with Crippen LogP contribution in [0.15, 0.2) is 23.2 Å². The fourth-order valence-electron chi connectivity index (χ4n) is 4.27. The lowest BCUT2D eigenvalue weighted by Gasteiger charge is -2.36. The minimum atomic E-state index is -4.99. The van der Waals surface area contributed by atoms with Gasteiger partial charge >= 0.3 is 12.4 Å². The Morgan fingerprint density at radius 3 is 2.12 bits per heavy atom. The van der Waals surface area contributed by atoms with Crippen LogP contribution in [0.5, 0.6) is 0 Å². The number of alkyl halides is 6. The molecular weight excluding hydrogens is 468 g/mol. The highest BCUT2D eigenvalue weighted by molar-refractivity contribution is 8.14. The van der Waals surface area contributed by atoms with Crippen molar-refractivity contribution >= 4 is 28.5 Å². The Labute approximate surface area is 193 Å². The topological polar surface area (TPSA) is 35.9 Å². The Morgan fingerprint density at radius 1 is 1.06 bits per heavy atom. The quantitative estimate of drug-likeness (QED) is 0.435. The van der Waals surface area contributed by atoms with Crippen LogP contribution in [0.3, 0.4) is 0 Å². The van der Waals surface area contributed by atoms with E-state index in [4.69, 9.17) is 4.99 Å². The van der Waals surface area contributed by atoms with Gasteiger partial charge in [0.2, 0.25) is 5.91 Å². The van der Waals surface area contributed by atoms with Crippen LogP contribution in [-0.4, -0.2) is 40.5 Å². The van der Waals surface area contributed by atoms with Gasteiger partial charge in [-0.15, -0.1) is 0 Å². The Hall–Kier alpha value is -1.91. The lowest BCUT2D eigenvalue weighted by atomic mass is 9.96. The van der Waals surface area contributed by atoms with Gasteiger partial charge in [-0.3, -0.25) is 14.7 Å². The molecule has 4 nitrogen and oxygen atoms in total. The number of nitrogens with zero attached hydrogens (tertiary/aromatic N) is 3. The number of halogens is 6. The number of amides is 1. The van der Waals surface area contributed by atoms with E-state index in [-0.39, 0.29) is 12.1 Å². The molecule has 33 heavy (non-hydrogen) atoms. The number of benzene rings is 1. The smallest absolute Gasteiger partial charge is 0.330 e. The first-order valence-electron chi connectivity index (χ1n) is 11.0. The van der Waals surface area contributed by atoms with Gasteiger partial charge in [0, 0.05) is 24.9 Å². The van der Waals surface area contributed by atoms with Gasteiger partial charge in [-0.1, -0.05) is 37.9 Å². The van der Waals surface area contributed by atoms with E-state index >= 15 is 0 Å². The number of hydrogen-bond donors (Lipinski definition) is 0. The average Bonchev–Trinajstić information content (AvgIpc) is 3.09. The normalized spacial score (nSPS) is 21.6. The second kappa shape index (κ2) is 10.1. The molecule has 1 heterocycles. The molecule has 1 aliphatic heterocycles. The van der Waals surface area contributed by atoms with Crippen molar-refractivity contribution in [3.8, 4) is 0 Å². The maximum Gasteiger partial charge on any atom is 0.416 e. The Morgan fingerprint density at radius 2 is 1.64 bits per heavy atom. The minimum absolute atomic E-state index is 0.0744. The second-order valence-electron chi connectivity index (χ2n) is 8.34. The molecule has 0 bridgehead atoms. The highest BCUT2D eigenvalue weighted by Gasteiger charge is 2.41. The van der Waals surface area contributed by atoms with E-state index in [0.717, 1.165) is 43.9 Å². The number of hydrogen-bond acceptors (Lipinski definition) is 3. The monoisotopic (exact) mass is 495 g/mol. The molecule has 2 aliphatic rings. The van der Waals surface area contributed by atoms with Gasteiger partial charge in [0.1, 0.15) is 6.17 Å². The third-order valence-electron chi connectivity index (χ3n) is 5.79. The van der Waals surface area contributed by atoms with Gasteiger partial charge in [0.15, 0.2) is 5.17 Å². The van der Waals surface area contributed by atoms with Crippen molar-refractivity contribution in [1.82, 2.24) is 4.90 Å². The van der Waals surface area contributed by atoms with Crippen LogP contribution < -0.4 is 4.90 Å². The molecule has 2 fully saturated rings. The van der Waals surface area contributed by atoms with Crippen molar-refractivity contribution in [1.29, 1.82) is 0 Å². The van der Waals surface area contributed by atoms with Crippen LogP contribution in [0.25, 0.3) is 0 Å². The van der Waals surface area contributed by atoms with E-state index in [1.54, 1.807) is 0 Å². The molecule has 0 spiro atoms. The van der Waals surface area contributed by atoms with Gasteiger partial charge in [0.05, 0.1) is 17.2 Å². The van der Waals surface area contributed by atoms with Gasteiger partial charge < -0.3 is 4.90 Å². The predicted molar refractivity (Wildman–Crippen MR) is 117 cm³/mol. The lowest BCUT2D eigenvalue weighted by Crippen LogP contribution is -2.50. The Balaban J connectivity index is 2.03. The first-order chi connectivity index (χ1) is 15.4. The van der Waals surface area contributed by atoms with E-state index in [1.165, 1.54) is 11.8 Å². The summed E-state index contributed by atoms with van der Waals surface area (Å²) in [5.41, 5.74) is -3.31. The summed E-state index contributed by atoms with van der Waals surface area (Å²) in [7, 11) is 0. The van der Waals surface area contributed by atoms with Crippen LogP contribution in [0, 0.1) is 0 Å². The lowest BCUT2D eigenvalue weighted by molar-refractivity contribution is -0.143. The molecular formula is C22H27F6N3OS. The average molecular weight is 496 g/mol. The number of rotatable bonds is 5. The maximum atomic E-state index is 13.4. The van der Waals surface area contributed by atoms with Crippen LogP contribution in [0.2, 0.25) is 0 Å². The number of carbonyl (C=O) groups is 1. The molecule has 1 saturated heterocycles. The fourth-order valence-corrected chi connectivity index (χ4v) is 5.50. The molecule has 11 heteroatoms. The zero-order chi connectivity index (χ0) is 24.4. The summed E-state index contributed by atoms with van der Waals surface area (Å²) in [6.45, 7) is 3.55. The van der Waals surface area contributed by atoms with E-state index in [9.17, 15) is 31.1 Å². The molecule has 1 unspecified atom stereocenters. The zero-order valence-electron chi connectivity index (χ0n) is 18.5.